The molecule has 0 unspecified atom stereocenters. The first-order valence-corrected chi connectivity index (χ1v) is 9.44. The Hall–Kier alpha value is -2.18. The van der Waals surface area contributed by atoms with Crippen LogP contribution in [0.2, 0.25) is 0 Å². The maximum absolute atomic E-state index is 5.12. The summed E-state index contributed by atoms with van der Waals surface area (Å²) in [5.74, 6) is 1.69. The average molecular weight is 355 g/mol. The lowest BCUT2D eigenvalue weighted by Crippen LogP contribution is -2.46. The maximum Gasteiger partial charge on any atom is 0.225 e. The van der Waals surface area contributed by atoms with Gasteiger partial charge in [-0.25, -0.2) is 4.98 Å². The van der Waals surface area contributed by atoms with E-state index in [1.807, 2.05) is 18.2 Å². The topological polar surface area (TPSA) is 53.5 Å². The summed E-state index contributed by atoms with van der Waals surface area (Å²) in [6.07, 6.45) is 0.930. The van der Waals surface area contributed by atoms with Crippen molar-refractivity contribution in [3.8, 4) is 11.3 Å². The van der Waals surface area contributed by atoms with E-state index in [2.05, 4.69) is 40.2 Å². The minimum absolute atomic E-state index is 0.690. The molecule has 0 radical (unpaired) electrons. The molecule has 1 N–H and O–H groups in total. The quantitative estimate of drug-likeness (QED) is 0.735. The van der Waals surface area contributed by atoms with Gasteiger partial charge in [0.05, 0.1) is 5.69 Å². The molecule has 0 amide bonds. The molecule has 1 aromatic heterocycles. The highest BCUT2D eigenvalue weighted by molar-refractivity contribution is 5.64. The van der Waals surface area contributed by atoms with Gasteiger partial charge in [0.1, 0.15) is 5.82 Å². The first-order valence-electron chi connectivity index (χ1n) is 9.44. The molecule has 2 aromatic rings. The number of likely N-dealkylation sites (N-methyl/N-ethyl adjacent to an activating group) is 1. The van der Waals surface area contributed by atoms with E-state index in [-0.39, 0.29) is 0 Å². The van der Waals surface area contributed by atoms with Gasteiger partial charge in [0.15, 0.2) is 0 Å². The first-order chi connectivity index (χ1) is 12.8. The van der Waals surface area contributed by atoms with E-state index in [0.29, 0.717) is 5.95 Å². The molecule has 3 rings (SSSR count). The number of methoxy groups -OCH3 is 1. The Morgan fingerprint density at radius 2 is 1.85 bits per heavy atom. The molecule has 2 heterocycles. The van der Waals surface area contributed by atoms with Crippen molar-refractivity contribution in [1.82, 2.24) is 14.9 Å². The fraction of sp³-hybridized carbons (Fsp3) is 0.500. The highest BCUT2D eigenvalue weighted by atomic mass is 16.5. The molecule has 1 fully saturated rings. The summed E-state index contributed by atoms with van der Waals surface area (Å²) in [4.78, 5) is 14.3. The predicted molar refractivity (Wildman–Crippen MR) is 107 cm³/mol. The molecule has 140 valence electrons. The summed E-state index contributed by atoms with van der Waals surface area (Å²) >= 11 is 0. The van der Waals surface area contributed by atoms with Crippen molar-refractivity contribution in [1.29, 1.82) is 0 Å². The lowest BCUT2D eigenvalue weighted by molar-refractivity contribution is 0.197. The second-order valence-electron chi connectivity index (χ2n) is 6.50. The van der Waals surface area contributed by atoms with Gasteiger partial charge in [0, 0.05) is 58.1 Å². The molecule has 6 heteroatoms. The Morgan fingerprint density at radius 3 is 2.54 bits per heavy atom. The third kappa shape index (κ3) is 4.93. The van der Waals surface area contributed by atoms with Gasteiger partial charge in [-0.3, -0.25) is 0 Å². The number of rotatable bonds is 8. The van der Waals surface area contributed by atoms with Crippen LogP contribution < -0.4 is 10.2 Å². The van der Waals surface area contributed by atoms with Gasteiger partial charge < -0.3 is 19.9 Å². The Bertz CT molecular complexity index is 671. The van der Waals surface area contributed by atoms with Crippen molar-refractivity contribution in [2.24, 2.45) is 0 Å². The minimum atomic E-state index is 0.690. The second kappa shape index (κ2) is 9.50. The largest absolute Gasteiger partial charge is 0.385 e. The first kappa shape index (κ1) is 18.6. The normalized spacial score (nSPS) is 15.2. The van der Waals surface area contributed by atoms with Gasteiger partial charge in [0.2, 0.25) is 5.95 Å². The van der Waals surface area contributed by atoms with E-state index in [4.69, 9.17) is 14.7 Å². The van der Waals surface area contributed by atoms with Gasteiger partial charge in [-0.15, -0.1) is 0 Å². The van der Waals surface area contributed by atoms with E-state index in [1.165, 1.54) is 0 Å². The number of anilines is 2. The SMILES string of the molecule is CCN1CCN(c2cc(-c3ccccc3)nc(NCCCOC)n2)CC1. The maximum atomic E-state index is 5.12. The molecule has 1 aromatic carbocycles. The summed E-state index contributed by atoms with van der Waals surface area (Å²) in [5, 5.41) is 3.35. The van der Waals surface area contributed by atoms with Crippen molar-refractivity contribution in [3.05, 3.63) is 36.4 Å². The smallest absolute Gasteiger partial charge is 0.225 e. The van der Waals surface area contributed by atoms with Crippen molar-refractivity contribution in [3.63, 3.8) is 0 Å². The van der Waals surface area contributed by atoms with Gasteiger partial charge in [-0.2, -0.15) is 4.98 Å². The van der Waals surface area contributed by atoms with Gasteiger partial charge in [-0.05, 0) is 13.0 Å². The second-order valence-corrected chi connectivity index (χ2v) is 6.50. The molecule has 26 heavy (non-hydrogen) atoms. The molecule has 0 aliphatic carbocycles. The van der Waals surface area contributed by atoms with Crippen LogP contribution in [0.1, 0.15) is 13.3 Å². The van der Waals surface area contributed by atoms with E-state index in [0.717, 1.165) is 69.4 Å². The molecule has 1 saturated heterocycles. The zero-order valence-corrected chi connectivity index (χ0v) is 15.8. The number of nitrogens with zero attached hydrogens (tertiary/aromatic N) is 4. The number of ether oxygens (including phenoxy) is 1. The molecule has 1 aliphatic rings. The summed E-state index contributed by atoms with van der Waals surface area (Å²) in [6, 6.07) is 12.4. The number of piperazine rings is 1. The van der Waals surface area contributed by atoms with Gasteiger partial charge >= 0.3 is 0 Å². The fourth-order valence-electron chi connectivity index (χ4n) is 3.14. The van der Waals surface area contributed by atoms with Crippen molar-refractivity contribution < 1.29 is 4.74 Å². The summed E-state index contributed by atoms with van der Waals surface area (Å²) in [5.41, 5.74) is 2.08. The number of aromatic nitrogens is 2. The molecule has 1 aliphatic heterocycles. The molecular weight excluding hydrogens is 326 g/mol. The standard InChI is InChI=1S/C20H29N5O/c1-3-24-11-13-25(14-12-24)19-16-18(17-8-5-4-6-9-17)22-20(23-19)21-10-7-15-26-2/h4-6,8-9,16H,3,7,10-15H2,1-2H3,(H,21,22,23). The van der Waals surface area contributed by atoms with Crippen LogP contribution in [0.3, 0.4) is 0 Å². The number of benzene rings is 1. The van der Waals surface area contributed by atoms with Crippen molar-refractivity contribution >= 4 is 11.8 Å². The van der Waals surface area contributed by atoms with Crippen LogP contribution >= 0.6 is 0 Å². The molecule has 0 saturated carbocycles. The van der Waals surface area contributed by atoms with Crippen LogP contribution in [0.4, 0.5) is 11.8 Å². The third-order valence-electron chi connectivity index (χ3n) is 4.73. The third-order valence-corrected chi connectivity index (χ3v) is 4.73. The average Bonchev–Trinajstić information content (AvgIpc) is 2.72. The zero-order valence-electron chi connectivity index (χ0n) is 15.8. The number of hydrogen-bond acceptors (Lipinski definition) is 6. The van der Waals surface area contributed by atoms with Crippen LogP contribution in [-0.2, 0) is 4.74 Å². The Balaban J connectivity index is 1.80. The van der Waals surface area contributed by atoms with Crippen LogP contribution in [0, 0.1) is 0 Å². The van der Waals surface area contributed by atoms with Crippen LogP contribution in [0.25, 0.3) is 11.3 Å². The van der Waals surface area contributed by atoms with Crippen LogP contribution in [0.5, 0.6) is 0 Å². The van der Waals surface area contributed by atoms with Crippen molar-refractivity contribution in [2.45, 2.75) is 13.3 Å². The molecular formula is C20H29N5O. The van der Waals surface area contributed by atoms with E-state index < -0.39 is 0 Å². The summed E-state index contributed by atoms with van der Waals surface area (Å²) in [7, 11) is 1.72. The minimum Gasteiger partial charge on any atom is -0.385 e. The lowest BCUT2D eigenvalue weighted by atomic mass is 10.1. The van der Waals surface area contributed by atoms with E-state index >= 15 is 0 Å². The molecule has 0 atom stereocenters. The highest BCUT2D eigenvalue weighted by Crippen LogP contribution is 2.24. The summed E-state index contributed by atoms with van der Waals surface area (Å²) in [6.45, 7) is 9.03. The Morgan fingerprint density at radius 1 is 1.08 bits per heavy atom. The lowest BCUT2D eigenvalue weighted by Gasteiger charge is -2.35. The van der Waals surface area contributed by atoms with Gasteiger partial charge in [-0.1, -0.05) is 37.3 Å². The predicted octanol–water partition coefficient (Wildman–Crippen LogP) is 2.73. The number of hydrogen-bond donors (Lipinski definition) is 1. The molecule has 0 bridgehead atoms. The zero-order chi connectivity index (χ0) is 18.2. The van der Waals surface area contributed by atoms with Crippen LogP contribution in [-0.4, -0.2) is 67.9 Å². The van der Waals surface area contributed by atoms with Crippen molar-refractivity contribution in [2.75, 3.05) is 63.2 Å². The van der Waals surface area contributed by atoms with E-state index in [9.17, 15) is 0 Å². The Labute approximate surface area is 156 Å². The number of nitrogens with one attached hydrogen (secondary N) is 1. The van der Waals surface area contributed by atoms with Gasteiger partial charge in [0.25, 0.3) is 0 Å². The highest BCUT2D eigenvalue weighted by Gasteiger charge is 2.18. The monoisotopic (exact) mass is 355 g/mol. The van der Waals surface area contributed by atoms with E-state index in [1.54, 1.807) is 7.11 Å². The summed E-state index contributed by atoms with van der Waals surface area (Å²) < 4.78 is 5.12. The fourth-order valence-corrected chi connectivity index (χ4v) is 3.14. The van der Waals surface area contributed by atoms with Crippen LogP contribution in [0.15, 0.2) is 36.4 Å². The Kier molecular flexibility index (Phi) is 6.80. The molecule has 0 spiro atoms. The molecule has 6 nitrogen and oxygen atoms in total.